The molecule has 1 aromatic heterocycles. The highest BCUT2D eigenvalue weighted by Gasteiger charge is 2.30. The van der Waals surface area contributed by atoms with E-state index in [0.29, 0.717) is 43.4 Å². The van der Waals surface area contributed by atoms with Gasteiger partial charge in [0, 0.05) is 36.6 Å². The van der Waals surface area contributed by atoms with E-state index in [0.717, 1.165) is 10.9 Å². The van der Waals surface area contributed by atoms with E-state index < -0.39 is 16.0 Å². The van der Waals surface area contributed by atoms with Gasteiger partial charge >= 0.3 is 5.97 Å². The van der Waals surface area contributed by atoms with Crippen molar-refractivity contribution in [1.82, 2.24) is 19.0 Å². The van der Waals surface area contributed by atoms with Crippen molar-refractivity contribution >= 4 is 50.1 Å². The second-order valence-electron chi connectivity index (χ2n) is 7.15. The standard InChI is InChI=1S/C20H20Cl2N4O4S/c1-30-20(27)14-2-5-18-15(10-14)12-23-26(18)13-24-6-8-25(9-7-24)31(28,29)19-11-16(21)3-4-17(19)22/h2-5,10-12H,6-9,13H2,1H3. The quantitative estimate of drug-likeness (QED) is 0.519. The maximum absolute atomic E-state index is 13.0. The number of hydrogen-bond donors (Lipinski definition) is 0. The summed E-state index contributed by atoms with van der Waals surface area (Å²) in [5.41, 5.74) is 1.35. The molecule has 3 aromatic rings. The van der Waals surface area contributed by atoms with Gasteiger partial charge in [0.1, 0.15) is 4.90 Å². The van der Waals surface area contributed by atoms with Gasteiger partial charge < -0.3 is 4.74 Å². The van der Waals surface area contributed by atoms with E-state index in [-0.39, 0.29) is 9.92 Å². The van der Waals surface area contributed by atoms with E-state index in [2.05, 4.69) is 10.00 Å². The molecule has 2 aromatic carbocycles. The highest BCUT2D eigenvalue weighted by molar-refractivity contribution is 7.89. The van der Waals surface area contributed by atoms with Crippen LogP contribution < -0.4 is 0 Å². The Balaban J connectivity index is 1.45. The molecular formula is C20H20Cl2N4O4S. The molecule has 2 heterocycles. The molecule has 1 fully saturated rings. The first kappa shape index (κ1) is 22.0. The average Bonchev–Trinajstić information content (AvgIpc) is 3.17. The van der Waals surface area contributed by atoms with E-state index in [1.807, 2.05) is 10.7 Å². The highest BCUT2D eigenvalue weighted by atomic mass is 35.5. The molecule has 164 valence electrons. The number of hydrogen-bond acceptors (Lipinski definition) is 6. The number of carbonyl (C=O) groups is 1. The normalized spacial score (nSPS) is 16.0. The van der Waals surface area contributed by atoms with E-state index in [1.165, 1.54) is 23.5 Å². The predicted molar refractivity (Wildman–Crippen MR) is 118 cm³/mol. The molecule has 0 amide bonds. The summed E-state index contributed by atoms with van der Waals surface area (Å²) in [5, 5.41) is 5.72. The minimum absolute atomic E-state index is 0.0228. The third kappa shape index (κ3) is 4.42. The van der Waals surface area contributed by atoms with Gasteiger partial charge in [-0.25, -0.2) is 13.2 Å². The van der Waals surface area contributed by atoms with Crippen LogP contribution in [0.3, 0.4) is 0 Å². The van der Waals surface area contributed by atoms with Gasteiger partial charge in [0.15, 0.2) is 0 Å². The number of halogens is 2. The molecule has 4 rings (SSSR count). The number of sulfonamides is 1. The summed E-state index contributed by atoms with van der Waals surface area (Å²) in [6.45, 7) is 2.25. The van der Waals surface area contributed by atoms with Crippen molar-refractivity contribution in [2.75, 3.05) is 33.3 Å². The topological polar surface area (TPSA) is 84.7 Å². The minimum Gasteiger partial charge on any atom is -0.465 e. The van der Waals surface area contributed by atoms with Crippen LogP contribution in [0.2, 0.25) is 10.0 Å². The number of carbonyl (C=O) groups excluding carboxylic acids is 1. The molecule has 0 bridgehead atoms. The van der Waals surface area contributed by atoms with Crippen LogP contribution in [0.1, 0.15) is 10.4 Å². The number of methoxy groups -OCH3 is 1. The van der Waals surface area contributed by atoms with Crippen LogP contribution in [0.15, 0.2) is 47.5 Å². The van der Waals surface area contributed by atoms with Crippen molar-refractivity contribution in [2.24, 2.45) is 0 Å². The number of aromatic nitrogens is 2. The summed E-state index contributed by atoms with van der Waals surface area (Å²) >= 11 is 12.1. The first-order valence-corrected chi connectivity index (χ1v) is 11.7. The van der Waals surface area contributed by atoms with Crippen molar-refractivity contribution in [3.8, 4) is 0 Å². The molecule has 1 aliphatic heterocycles. The van der Waals surface area contributed by atoms with Crippen LogP contribution in [0, 0.1) is 0 Å². The SMILES string of the molecule is COC(=O)c1ccc2c(cnn2CN2CCN(S(=O)(=O)c3cc(Cl)ccc3Cl)CC2)c1. The Labute approximate surface area is 189 Å². The molecule has 1 aliphatic rings. The summed E-state index contributed by atoms with van der Waals surface area (Å²) < 4.78 is 34.0. The van der Waals surface area contributed by atoms with Gasteiger partial charge in [0.2, 0.25) is 10.0 Å². The minimum atomic E-state index is -3.73. The summed E-state index contributed by atoms with van der Waals surface area (Å²) in [6, 6.07) is 9.70. The van der Waals surface area contributed by atoms with Crippen LogP contribution in [-0.2, 0) is 21.4 Å². The molecule has 8 nitrogen and oxygen atoms in total. The van der Waals surface area contributed by atoms with Gasteiger partial charge in [-0.15, -0.1) is 0 Å². The summed E-state index contributed by atoms with van der Waals surface area (Å²) in [5.74, 6) is -0.396. The van der Waals surface area contributed by atoms with Crippen molar-refractivity contribution in [3.05, 3.63) is 58.2 Å². The zero-order chi connectivity index (χ0) is 22.2. The van der Waals surface area contributed by atoms with E-state index >= 15 is 0 Å². The second-order valence-corrected chi connectivity index (χ2v) is 9.90. The smallest absolute Gasteiger partial charge is 0.337 e. The number of nitrogens with zero attached hydrogens (tertiary/aromatic N) is 4. The Morgan fingerprint density at radius 3 is 2.55 bits per heavy atom. The predicted octanol–water partition coefficient (Wildman–Crippen LogP) is 3.09. The molecule has 11 heteroatoms. The molecule has 0 unspecified atom stereocenters. The lowest BCUT2D eigenvalue weighted by atomic mass is 10.1. The van der Waals surface area contributed by atoms with Crippen LogP contribution >= 0.6 is 23.2 Å². The van der Waals surface area contributed by atoms with E-state index in [4.69, 9.17) is 27.9 Å². The van der Waals surface area contributed by atoms with Gasteiger partial charge in [0.05, 0.1) is 36.1 Å². The molecule has 31 heavy (non-hydrogen) atoms. The largest absolute Gasteiger partial charge is 0.465 e. The summed E-state index contributed by atoms with van der Waals surface area (Å²) in [4.78, 5) is 13.8. The Bertz CT molecular complexity index is 1240. The third-order valence-corrected chi connectivity index (χ3v) is 7.85. The van der Waals surface area contributed by atoms with Crippen molar-refractivity contribution in [3.63, 3.8) is 0 Å². The third-order valence-electron chi connectivity index (χ3n) is 5.24. The van der Waals surface area contributed by atoms with Crippen LogP contribution in [0.4, 0.5) is 0 Å². The average molecular weight is 483 g/mol. The molecule has 0 radical (unpaired) electrons. The zero-order valence-corrected chi connectivity index (χ0v) is 19.0. The molecule has 0 spiro atoms. The fourth-order valence-corrected chi connectivity index (χ4v) is 5.72. The van der Waals surface area contributed by atoms with Crippen molar-refractivity contribution < 1.29 is 17.9 Å². The lowest BCUT2D eigenvalue weighted by Crippen LogP contribution is -2.48. The number of fused-ring (bicyclic) bond motifs is 1. The molecule has 0 saturated carbocycles. The number of rotatable bonds is 5. The fraction of sp³-hybridized carbons (Fsp3) is 0.300. The molecule has 1 saturated heterocycles. The summed E-state index contributed by atoms with van der Waals surface area (Å²) in [7, 11) is -2.38. The number of esters is 1. The van der Waals surface area contributed by atoms with Crippen LogP contribution in [-0.4, -0.2) is 66.7 Å². The Kier molecular flexibility index (Phi) is 6.23. The molecular weight excluding hydrogens is 463 g/mol. The van der Waals surface area contributed by atoms with Crippen LogP contribution in [0.25, 0.3) is 10.9 Å². The lowest BCUT2D eigenvalue weighted by Gasteiger charge is -2.34. The maximum Gasteiger partial charge on any atom is 0.337 e. The maximum atomic E-state index is 13.0. The number of piperazine rings is 1. The van der Waals surface area contributed by atoms with Gasteiger partial charge in [-0.2, -0.15) is 9.40 Å². The van der Waals surface area contributed by atoms with E-state index in [1.54, 1.807) is 24.4 Å². The fourth-order valence-electron chi connectivity index (χ4n) is 3.56. The molecule has 0 N–H and O–H groups in total. The lowest BCUT2D eigenvalue weighted by molar-refractivity contribution is 0.0601. The van der Waals surface area contributed by atoms with E-state index in [9.17, 15) is 13.2 Å². The van der Waals surface area contributed by atoms with Gasteiger partial charge in [-0.3, -0.25) is 9.58 Å². The Morgan fingerprint density at radius 1 is 1.10 bits per heavy atom. The second kappa shape index (κ2) is 8.76. The molecule has 0 atom stereocenters. The van der Waals surface area contributed by atoms with Gasteiger partial charge in [-0.1, -0.05) is 23.2 Å². The highest BCUT2D eigenvalue weighted by Crippen LogP contribution is 2.28. The Morgan fingerprint density at radius 2 is 1.84 bits per heavy atom. The van der Waals surface area contributed by atoms with Gasteiger partial charge in [0.25, 0.3) is 0 Å². The zero-order valence-electron chi connectivity index (χ0n) is 16.7. The van der Waals surface area contributed by atoms with Gasteiger partial charge in [-0.05, 0) is 36.4 Å². The number of benzene rings is 2. The monoisotopic (exact) mass is 482 g/mol. The van der Waals surface area contributed by atoms with Crippen molar-refractivity contribution in [2.45, 2.75) is 11.6 Å². The van der Waals surface area contributed by atoms with Crippen LogP contribution in [0.5, 0.6) is 0 Å². The Hall–Kier alpha value is -2.17. The first-order valence-electron chi connectivity index (χ1n) is 9.51. The summed E-state index contributed by atoms with van der Waals surface area (Å²) in [6.07, 6.45) is 1.70. The van der Waals surface area contributed by atoms with Crippen molar-refractivity contribution in [1.29, 1.82) is 0 Å². The first-order chi connectivity index (χ1) is 14.8. The molecule has 0 aliphatic carbocycles. The number of ether oxygens (including phenoxy) is 1.